The maximum Gasteiger partial charge on any atom is 0.397 e. The summed E-state index contributed by atoms with van der Waals surface area (Å²) in [5.41, 5.74) is 0. The Balaban J connectivity index is 2.24. The van der Waals surface area contributed by atoms with Crippen molar-refractivity contribution in [3.63, 3.8) is 0 Å². The molecule has 1 aliphatic rings. The second kappa shape index (κ2) is 55.3. The number of aliphatic hydroxyl groups is 3. The third-order valence-electron chi connectivity index (χ3n) is 14.6. The molecular weight excluding hydrogens is 1000 g/mol. The Morgan fingerprint density at radius 1 is 0.500 bits per heavy atom. The van der Waals surface area contributed by atoms with Crippen LogP contribution in [-0.2, 0) is 38.3 Å². The number of rotatable bonds is 57. The molecule has 0 amide bonds. The first-order valence-electron chi connectivity index (χ1n) is 32.0. The van der Waals surface area contributed by atoms with Crippen LogP contribution in [0, 0.1) is 0 Å². The number of hydrogen-bond acceptors (Lipinski definition) is 11. The van der Waals surface area contributed by atoms with E-state index in [1.54, 1.807) is 0 Å². The zero-order chi connectivity index (χ0) is 56.7. The van der Waals surface area contributed by atoms with Gasteiger partial charge in [-0.3, -0.25) is 9.35 Å². The molecule has 1 aliphatic heterocycles. The minimum atomic E-state index is -5.07. The fourth-order valence-electron chi connectivity index (χ4n) is 9.84. The van der Waals surface area contributed by atoms with Crippen molar-refractivity contribution in [2.24, 2.45) is 0 Å². The first-order chi connectivity index (χ1) is 38.1. The van der Waals surface area contributed by atoms with E-state index in [2.05, 4.69) is 78.8 Å². The van der Waals surface area contributed by atoms with Crippen LogP contribution >= 0.6 is 0 Å². The van der Waals surface area contributed by atoms with Gasteiger partial charge in [0.25, 0.3) is 0 Å². The molecule has 1 fully saturated rings. The highest BCUT2D eigenvalue weighted by atomic mass is 32.3. The third kappa shape index (κ3) is 47.4. The minimum Gasteiger partial charge on any atom is -0.457 e. The van der Waals surface area contributed by atoms with Crippen molar-refractivity contribution in [2.45, 2.75) is 320 Å². The van der Waals surface area contributed by atoms with Crippen LogP contribution in [0.2, 0.25) is 0 Å². The Morgan fingerprint density at radius 3 is 1.31 bits per heavy atom. The van der Waals surface area contributed by atoms with Crippen LogP contribution in [-0.4, -0.2) is 97.5 Å². The smallest absolute Gasteiger partial charge is 0.397 e. The van der Waals surface area contributed by atoms with Gasteiger partial charge in [-0.25, -0.2) is 4.18 Å². The molecule has 0 aromatic carbocycles. The Hall–Kier alpha value is -2.20. The van der Waals surface area contributed by atoms with E-state index in [9.17, 15) is 33.1 Å². The molecule has 6 atom stereocenters. The van der Waals surface area contributed by atoms with Gasteiger partial charge >= 0.3 is 16.4 Å². The van der Waals surface area contributed by atoms with Gasteiger partial charge in [-0.05, 0) is 77.0 Å². The third-order valence-corrected chi connectivity index (χ3v) is 15.1. The highest BCUT2D eigenvalue weighted by Gasteiger charge is 2.48. The van der Waals surface area contributed by atoms with E-state index in [1.807, 2.05) is 0 Å². The summed E-state index contributed by atoms with van der Waals surface area (Å²) in [4.78, 5) is 13.0. The van der Waals surface area contributed by atoms with Crippen LogP contribution in [0.1, 0.15) is 284 Å². The van der Waals surface area contributed by atoms with E-state index in [4.69, 9.17) is 18.9 Å². The number of carbonyl (C=O) groups excluding carboxylic acids is 1. The first-order valence-corrected chi connectivity index (χ1v) is 33.4. The summed E-state index contributed by atoms with van der Waals surface area (Å²) in [6, 6.07) is 0. The fourth-order valence-corrected chi connectivity index (χ4v) is 10.3. The van der Waals surface area contributed by atoms with E-state index in [1.165, 1.54) is 193 Å². The predicted octanol–water partition coefficient (Wildman–Crippen LogP) is 16.8. The van der Waals surface area contributed by atoms with Gasteiger partial charge in [0, 0.05) is 13.0 Å². The van der Waals surface area contributed by atoms with Crippen LogP contribution in [0.4, 0.5) is 0 Å². The van der Waals surface area contributed by atoms with E-state index in [-0.39, 0.29) is 19.6 Å². The van der Waals surface area contributed by atoms with Crippen LogP contribution < -0.4 is 0 Å². The normalized spacial score (nSPS) is 18.8. The van der Waals surface area contributed by atoms with E-state index < -0.39 is 59.8 Å². The van der Waals surface area contributed by atoms with Gasteiger partial charge in [0.15, 0.2) is 6.29 Å². The Bertz CT molecular complexity index is 1580. The number of esters is 1. The first kappa shape index (κ1) is 73.8. The highest BCUT2D eigenvalue weighted by molar-refractivity contribution is 7.80. The molecule has 456 valence electrons. The molecule has 0 aromatic heterocycles. The lowest BCUT2D eigenvalue weighted by Crippen LogP contribution is -2.60. The van der Waals surface area contributed by atoms with E-state index >= 15 is 0 Å². The van der Waals surface area contributed by atoms with Crippen molar-refractivity contribution in [1.82, 2.24) is 0 Å². The molecule has 0 aromatic rings. The molecule has 0 bridgehead atoms. The van der Waals surface area contributed by atoms with Crippen molar-refractivity contribution >= 4 is 16.4 Å². The fraction of sp³-hybridized carbons (Fsp3) is 0.831. The van der Waals surface area contributed by atoms with Crippen LogP contribution in [0.5, 0.6) is 0 Å². The predicted molar refractivity (Wildman–Crippen MR) is 322 cm³/mol. The molecule has 78 heavy (non-hydrogen) atoms. The molecule has 13 heteroatoms. The molecule has 1 rings (SSSR count). The van der Waals surface area contributed by atoms with Crippen LogP contribution in [0.3, 0.4) is 0 Å². The zero-order valence-electron chi connectivity index (χ0n) is 49.7. The Morgan fingerprint density at radius 2 is 0.885 bits per heavy atom. The Kier molecular flexibility index (Phi) is 52.4. The number of unbranched alkanes of at least 4 members (excludes halogenated alkanes) is 34. The summed E-state index contributed by atoms with van der Waals surface area (Å²) >= 11 is 0. The number of aliphatic hydroxyl groups excluding tert-OH is 3. The molecule has 0 saturated carbocycles. The van der Waals surface area contributed by atoms with Gasteiger partial charge in [-0.15, -0.1) is 0 Å². The number of carbonyl (C=O) groups is 1. The molecule has 6 unspecified atom stereocenters. The second-order valence-electron chi connectivity index (χ2n) is 22.0. The monoisotopic (exact) mass is 1120 g/mol. The minimum absolute atomic E-state index is 0.0356. The molecule has 0 spiro atoms. The van der Waals surface area contributed by atoms with Crippen molar-refractivity contribution in [1.29, 1.82) is 0 Å². The number of ether oxygens (including phenoxy) is 4. The van der Waals surface area contributed by atoms with Crippen molar-refractivity contribution in [3.8, 4) is 0 Å². The lowest BCUT2D eigenvalue weighted by Gasteiger charge is -2.41. The van der Waals surface area contributed by atoms with Gasteiger partial charge in [0.2, 0.25) is 0 Å². The molecule has 0 radical (unpaired) electrons. The van der Waals surface area contributed by atoms with Crippen LogP contribution in [0.15, 0.2) is 60.8 Å². The second-order valence-corrected chi connectivity index (χ2v) is 23.0. The van der Waals surface area contributed by atoms with Gasteiger partial charge < -0.3 is 34.3 Å². The quantitative estimate of drug-likeness (QED) is 0.0196. The molecule has 0 aliphatic carbocycles. The SMILES string of the molecule is CC/C=C\C/C=C\C/C=C\C/C=C\CCCCCCCCCCCCCCCOCC(COC1OC(CO)C(O)C(OS(=O)(=O)O)C1O)OC(=O)CCCCCCCCCCCCCCC/C=C\CCCCCCCCCC. The van der Waals surface area contributed by atoms with Crippen molar-refractivity contribution in [2.75, 3.05) is 26.4 Å². The largest absolute Gasteiger partial charge is 0.457 e. The van der Waals surface area contributed by atoms with Gasteiger partial charge in [0.1, 0.15) is 30.5 Å². The lowest BCUT2D eigenvalue weighted by molar-refractivity contribution is -0.301. The molecule has 1 heterocycles. The molecule has 1 saturated heterocycles. The maximum absolute atomic E-state index is 13.0. The van der Waals surface area contributed by atoms with E-state index in [0.717, 1.165) is 64.2 Å². The average molecular weight is 1120 g/mol. The number of hydrogen-bond donors (Lipinski definition) is 4. The van der Waals surface area contributed by atoms with Gasteiger partial charge in [-0.2, -0.15) is 8.42 Å². The topological polar surface area (TPSA) is 178 Å². The average Bonchev–Trinajstić information content (AvgIpc) is 3.42. The molecular formula is C65H118O12S. The summed E-state index contributed by atoms with van der Waals surface area (Å²) in [5, 5.41) is 30.9. The standard InChI is InChI=1S/C65H118O12S/c1-3-5-7-9-11-13-15-17-19-21-23-25-27-29-31-33-35-37-39-41-43-45-47-49-51-53-55-73-57-59(58-74-65-63(69)64(77-78(70,71)72)62(68)60(56-66)76-65)75-61(67)54-52-50-48-46-44-42-40-38-36-34-32-30-28-26-24-22-20-18-16-14-12-10-8-6-4-2/h5,7,11,13,17,19,22-25,59-60,62-66,68-69H,3-4,6,8-10,12,14-16,18,20-21,26-58H2,1-2H3,(H,70,71,72)/b7-5-,13-11-,19-17-,24-22-,25-23-. The summed E-state index contributed by atoms with van der Waals surface area (Å²) in [6.45, 7) is 3.93. The zero-order valence-corrected chi connectivity index (χ0v) is 50.5. The maximum atomic E-state index is 13.0. The Labute approximate surface area is 478 Å². The van der Waals surface area contributed by atoms with Gasteiger partial charge in [0.05, 0.1) is 19.8 Å². The summed E-state index contributed by atoms with van der Waals surface area (Å²) in [7, 11) is -5.07. The lowest BCUT2D eigenvalue weighted by atomic mass is 9.99. The molecule has 4 N–H and O–H groups in total. The van der Waals surface area contributed by atoms with Gasteiger partial charge in [-0.1, -0.05) is 261 Å². The number of allylic oxidation sites excluding steroid dienone is 10. The van der Waals surface area contributed by atoms with Crippen LogP contribution in [0.25, 0.3) is 0 Å². The summed E-state index contributed by atoms with van der Waals surface area (Å²) < 4.78 is 59.6. The van der Waals surface area contributed by atoms with E-state index in [0.29, 0.717) is 13.0 Å². The summed E-state index contributed by atoms with van der Waals surface area (Å²) in [5.74, 6) is -0.396. The highest BCUT2D eigenvalue weighted by Crippen LogP contribution is 2.26. The summed E-state index contributed by atoms with van der Waals surface area (Å²) in [6.07, 6.45) is 64.1. The van der Waals surface area contributed by atoms with Crippen molar-refractivity contribution in [3.05, 3.63) is 60.8 Å². The molecule has 12 nitrogen and oxygen atoms in total. The van der Waals surface area contributed by atoms with Crippen molar-refractivity contribution < 1.29 is 56.2 Å².